The van der Waals surface area contributed by atoms with E-state index in [9.17, 15) is 0 Å². The monoisotopic (exact) mass is 908 g/mol. The minimum Gasteiger partial charge on any atom is -0.767 e. The fourth-order valence-corrected chi connectivity index (χ4v) is 4.42. The van der Waals surface area contributed by atoms with Gasteiger partial charge in [-0.05, 0) is 27.7 Å². The van der Waals surface area contributed by atoms with E-state index < -0.39 is 0 Å². The van der Waals surface area contributed by atoms with E-state index in [1.165, 1.54) is 22.3 Å². The number of hydrogen-bond acceptors (Lipinski definition) is 12. The average Bonchev–Trinajstić information content (AvgIpc) is 3.05. The van der Waals surface area contributed by atoms with Crippen LogP contribution in [0.4, 0.5) is 0 Å². The second kappa shape index (κ2) is 24.9. The molecule has 0 heterocycles. The summed E-state index contributed by atoms with van der Waals surface area (Å²) < 4.78 is 0. The topological polar surface area (TPSA) is 93.9 Å². The summed E-state index contributed by atoms with van der Waals surface area (Å²) in [6.45, 7) is 8.07. The van der Waals surface area contributed by atoms with Crippen LogP contribution in [0.1, 0.15) is 66.0 Å². The standard InChI is InChI=1S/4C9H13NOS.Hf/c4*1-7-3-5-8(6-4-7)9(12)10(2)11;/h4*3-6,9,11-12H,1-2H3;/q;;;;+4/p-4. The van der Waals surface area contributed by atoms with Gasteiger partial charge >= 0.3 is 25.8 Å². The molecule has 4 aromatic rings. The molecule has 0 fully saturated rings. The maximum atomic E-state index is 9.07. The van der Waals surface area contributed by atoms with Crippen LogP contribution in [-0.4, -0.2) is 69.3 Å². The molecule has 0 saturated heterocycles. The molecule has 0 amide bonds. The average molecular weight is 908 g/mol. The molecule has 49 heavy (non-hydrogen) atoms. The Morgan fingerprint density at radius 3 is 0.571 bits per heavy atom. The third-order valence-corrected chi connectivity index (χ3v) is 9.12. The van der Waals surface area contributed by atoms with Crippen molar-refractivity contribution in [2.24, 2.45) is 0 Å². The van der Waals surface area contributed by atoms with E-state index in [4.69, 9.17) is 71.3 Å². The van der Waals surface area contributed by atoms with Gasteiger partial charge in [0.05, 0.1) is 0 Å². The smallest absolute Gasteiger partial charge is 0.767 e. The van der Waals surface area contributed by atoms with Gasteiger partial charge in [-0.2, -0.15) is 0 Å². The van der Waals surface area contributed by atoms with Crippen LogP contribution in [0.15, 0.2) is 97.1 Å². The van der Waals surface area contributed by atoms with Gasteiger partial charge in [-0.1, -0.05) is 163 Å². The summed E-state index contributed by atoms with van der Waals surface area (Å²) in [6, 6.07) is 31.3. The van der Waals surface area contributed by atoms with E-state index >= 15 is 0 Å². The fourth-order valence-electron chi connectivity index (χ4n) is 3.79. The zero-order chi connectivity index (χ0) is 36.6. The number of aryl methyl sites for hydroxylation is 4. The van der Waals surface area contributed by atoms with Gasteiger partial charge < -0.3 is 71.3 Å². The summed E-state index contributed by atoms with van der Waals surface area (Å²) in [5, 5.41) is 39.0. The van der Waals surface area contributed by atoms with Crippen LogP contribution in [0, 0.1) is 27.7 Å². The number of hydrogen-bond donors (Lipinski definition) is 4. The van der Waals surface area contributed by atoms with Gasteiger partial charge in [0.2, 0.25) is 0 Å². The number of benzene rings is 4. The summed E-state index contributed by atoms with van der Waals surface area (Å²) in [4.78, 5) is 0. The molecule has 264 valence electrons. The number of hydroxylamine groups is 8. The number of rotatable bonds is 8. The molecule has 8 nitrogen and oxygen atoms in total. The Balaban J connectivity index is 0.000000623. The Morgan fingerprint density at radius 1 is 0.347 bits per heavy atom. The zero-order valence-corrected chi connectivity index (χ0v) is 36.1. The van der Waals surface area contributed by atoms with Crippen LogP contribution in [0.3, 0.4) is 0 Å². The summed E-state index contributed by atoms with van der Waals surface area (Å²) in [6.07, 6.45) is 0. The van der Waals surface area contributed by atoms with Crippen molar-refractivity contribution < 1.29 is 46.7 Å². The van der Waals surface area contributed by atoms with Crippen LogP contribution in [-0.2, 0) is 76.4 Å². The first-order chi connectivity index (χ1) is 22.4. The van der Waals surface area contributed by atoms with Gasteiger partial charge in [-0.3, -0.25) is 0 Å². The Bertz CT molecular complexity index is 1210. The van der Waals surface area contributed by atoms with Crippen molar-refractivity contribution in [1.29, 1.82) is 0 Å². The maximum absolute atomic E-state index is 9.07. The van der Waals surface area contributed by atoms with Gasteiger partial charge in [0.1, 0.15) is 0 Å². The third-order valence-electron chi connectivity index (χ3n) is 6.81. The molecule has 13 heteroatoms. The molecule has 4 aromatic carbocycles. The van der Waals surface area contributed by atoms with Crippen LogP contribution in [0.2, 0.25) is 0 Å². The molecule has 0 spiro atoms. The predicted octanol–water partition coefficient (Wildman–Crippen LogP) is 7.44. The molecule has 4 atom stereocenters. The van der Waals surface area contributed by atoms with Crippen molar-refractivity contribution in [3.8, 4) is 0 Å². The van der Waals surface area contributed by atoms with Gasteiger partial charge in [-0.15, -0.1) is 0 Å². The second-order valence-corrected chi connectivity index (χ2v) is 13.1. The van der Waals surface area contributed by atoms with E-state index in [1.807, 2.05) is 125 Å². The van der Waals surface area contributed by atoms with Gasteiger partial charge in [0, 0.05) is 28.2 Å². The molecule has 0 aromatic heterocycles. The van der Waals surface area contributed by atoms with Crippen LogP contribution < -0.4 is 0 Å². The van der Waals surface area contributed by atoms with E-state index in [0.717, 1.165) is 42.5 Å². The minimum atomic E-state index is -0.356. The molecule has 4 unspecified atom stereocenters. The van der Waals surface area contributed by atoms with E-state index in [1.54, 1.807) is 28.2 Å². The van der Waals surface area contributed by atoms with Crippen LogP contribution in [0.25, 0.3) is 0 Å². The SMILES string of the molecule is Cc1ccc(C([S-])N(C)O)cc1.Cc1ccc(C([S-])N(C)O)cc1.Cc1ccc(C([S-])N(C)O)cc1.Cc1ccc(C([S-])N(C)O)cc1.[Hf+4]. The minimum absolute atomic E-state index is 0. The molecule has 0 aliphatic carbocycles. The Labute approximate surface area is 334 Å². The molecule has 0 aliphatic heterocycles. The molecule has 4 rings (SSSR count). The van der Waals surface area contributed by atoms with Crippen LogP contribution >= 0.6 is 0 Å². The molecule has 0 aliphatic rings. The molecule has 0 radical (unpaired) electrons. The van der Waals surface area contributed by atoms with E-state index in [-0.39, 0.29) is 47.3 Å². The zero-order valence-electron chi connectivity index (χ0n) is 29.3. The van der Waals surface area contributed by atoms with Gasteiger partial charge in [-0.25, -0.2) is 20.3 Å². The third kappa shape index (κ3) is 18.8. The largest absolute Gasteiger partial charge is 4.00 e. The molecule has 4 N–H and O–H groups in total. The summed E-state index contributed by atoms with van der Waals surface area (Å²) in [7, 11) is 6.21. The van der Waals surface area contributed by atoms with Crippen molar-refractivity contribution in [3.63, 3.8) is 0 Å². The molecular weight excluding hydrogens is 859 g/mol. The first kappa shape index (κ1) is 47.8. The molecular formula is C36H48HfN4O4S4. The molecule has 0 bridgehead atoms. The first-order valence-corrected chi connectivity index (χ1v) is 16.9. The normalized spacial score (nSPS) is 13.1. The van der Waals surface area contributed by atoms with Crippen molar-refractivity contribution >= 4 is 50.5 Å². The van der Waals surface area contributed by atoms with Crippen molar-refractivity contribution in [2.45, 2.75) is 49.2 Å². The number of nitrogens with zero attached hydrogens (tertiary/aromatic N) is 4. The van der Waals surface area contributed by atoms with Crippen molar-refractivity contribution in [2.75, 3.05) is 28.2 Å². The second-order valence-electron chi connectivity index (χ2n) is 11.3. The maximum Gasteiger partial charge on any atom is 4.00 e. The van der Waals surface area contributed by atoms with Crippen molar-refractivity contribution in [1.82, 2.24) is 20.3 Å². The van der Waals surface area contributed by atoms with E-state index in [2.05, 4.69) is 0 Å². The van der Waals surface area contributed by atoms with Crippen LogP contribution in [0.5, 0.6) is 0 Å². The predicted molar refractivity (Wildman–Crippen MR) is 203 cm³/mol. The molecule has 0 saturated carbocycles. The Hall–Kier alpha value is -1.17. The van der Waals surface area contributed by atoms with Crippen molar-refractivity contribution in [3.05, 3.63) is 142 Å². The quantitative estimate of drug-likeness (QED) is 0.0805. The summed E-state index contributed by atoms with van der Waals surface area (Å²) in [5.41, 5.74) is 8.56. The Morgan fingerprint density at radius 2 is 0.469 bits per heavy atom. The summed E-state index contributed by atoms with van der Waals surface area (Å²) >= 11 is 20.2. The van der Waals surface area contributed by atoms with Gasteiger partial charge in [0.15, 0.2) is 0 Å². The first-order valence-electron chi connectivity index (χ1n) is 15.0. The Kier molecular flexibility index (Phi) is 24.3. The summed E-state index contributed by atoms with van der Waals surface area (Å²) in [5.74, 6) is 0. The van der Waals surface area contributed by atoms with Gasteiger partial charge in [0.25, 0.3) is 0 Å². The van der Waals surface area contributed by atoms with E-state index in [0.29, 0.717) is 0 Å². The fraction of sp³-hybridized carbons (Fsp3) is 0.333.